The summed E-state index contributed by atoms with van der Waals surface area (Å²) >= 11 is 0. The summed E-state index contributed by atoms with van der Waals surface area (Å²) in [5.74, 6) is -0.669. The lowest BCUT2D eigenvalue weighted by molar-refractivity contribution is -0.384. The average Bonchev–Trinajstić information content (AvgIpc) is 2.62. The van der Waals surface area contributed by atoms with E-state index in [0.717, 1.165) is 31.2 Å². The Labute approximate surface area is 153 Å². The molecule has 0 aliphatic heterocycles. The maximum absolute atomic E-state index is 11.6. The molecule has 0 unspecified atom stereocenters. The highest BCUT2D eigenvalue weighted by molar-refractivity contribution is 5.72. The maximum Gasteiger partial charge on any atom is 0.305 e. The van der Waals surface area contributed by atoms with Crippen LogP contribution in [0.5, 0.6) is 0 Å². The molecule has 7 heteroatoms. The largest absolute Gasteiger partial charge is 0.466 e. The average molecular weight is 365 g/mol. The molecule has 0 radical (unpaired) electrons. The van der Waals surface area contributed by atoms with Crippen LogP contribution < -0.4 is 0 Å². The van der Waals surface area contributed by atoms with E-state index in [-0.39, 0.29) is 37.1 Å². The SMILES string of the molecule is CCCCCCOC(=O)CCCC(=O)OCCc1cccc([N+](=O)[O-])c1. The van der Waals surface area contributed by atoms with E-state index in [4.69, 9.17) is 9.47 Å². The zero-order valence-electron chi connectivity index (χ0n) is 15.3. The lowest BCUT2D eigenvalue weighted by Crippen LogP contribution is -2.10. The van der Waals surface area contributed by atoms with Crippen molar-refractivity contribution in [2.24, 2.45) is 0 Å². The second kappa shape index (κ2) is 12.9. The fraction of sp³-hybridized carbons (Fsp3) is 0.579. The lowest BCUT2D eigenvalue weighted by Gasteiger charge is -2.06. The van der Waals surface area contributed by atoms with Crippen molar-refractivity contribution in [3.05, 3.63) is 39.9 Å². The minimum absolute atomic E-state index is 0.0158. The molecule has 0 N–H and O–H groups in total. The summed E-state index contributed by atoms with van der Waals surface area (Å²) in [5, 5.41) is 10.7. The smallest absolute Gasteiger partial charge is 0.305 e. The second-order valence-corrected chi connectivity index (χ2v) is 6.03. The minimum atomic E-state index is -0.460. The van der Waals surface area contributed by atoms with Crippen LogP contribution in [0.1, 0.15) is 57.4 Å². The Morgan fingerprint density at radius 3 is 2.35 bits per heavy atom. The highest BCUT2D eigenvalue weighted by Gasteiger charge is 2.09. The van der Waals surface area contributed by atoms with E-state index in [0.29, 0.717) is 19.4 Å². The first-order chi connectivity index (χ1) is 12.5. The molecule has 26 heavy (non-hydrogen) atoms. The summed E-state index contributed by atoms with van der Waals surface area (Å²) in [6.07, 6.45) is 5.36. The van der Waals surface area contributed by atoms with Gasteiger partial charge in [-0.05, 0) is 18.4 Å². The van der Waals surface area contributed by atoms with Crippen molar-refractivity contribution in [3.8, 4) is 0 Å². The minimum Gasteiger partial charge on any atom is -0.466 e. The van der Waals surface area contributed by atoms with Crippen molar-refractivity contribution >= 4 is 17.6 Å². The number of nitro groups is 1. The Morgan fingerprint density at radius 2 is 1.69 bits per heavy atom. The fourth-order valence-corrected chi connectivity index (χ4v) is 2.34. The summed E-state index contributed by atoms with van der Waals surface area (Å²) in [6.45, 7) is 2.71. The Hall–Kier alpha value is -2.44. The zero-order chi connectivity index (χ0) is 19.2. The molecule has 0 spiro atoms. The summed E-state index contributed by atoms with van der Waals surface area (Å²) in [5.41, 5.74) is 0.751. The number of unbranched alkanes of at least 4 members (excludes halogenated alkanes) is 3. The molecule has 0 fully saturated rings. The number of rotatable bonds is 13. The predicted octanol–water partition coefficient (Wildman–Crippen LogP) is 3.97. The number of hydrogen-bond acceptors (Lipinski definition) is 6. The van der Waals surface area contributed by atoms with Crippen molar-refractivity contribution < 1.29 is 24.0 Å². The second-order valence-electron chi connectivity index (χ2n) is 6.03. The van der Waals surface area contributed by atoms with Gasteiger partial charge in [0.15, 0.2) is 0 Å². The van der Waals surface area contributed by atoms with Gasteiger partial charge in [0.05, 0.1) is 18.1 Å². The molecule has 144 valence electrons. The first kappa shape index (κ1) is 21.6. The molecular formula is C19H27NO6. The van der Waals surface area contributed by atoms with Gasteiger partial charge in [0.25, 0.3) is 5.69 Å². The van der Waals surface area contributed by atoms with E-state index in [1.165, 1.54) is 12.1 Å². The molecule has 7 nitrogen and oxygen atoms in total. The monoisotopic (exact) mass is 365 g/mol. The standard InChI is InChI=1S/C19H27NO6/c1-2-3-4-5-13-25-18(21)10-7-11-19(22)26-14-12-16-8-6-9-17(15-16)20(23)24/h6,8-9,15H,2-5,7,10-14H2,1H3. The van der Waals surface area contributed by atoms with Gasteiger partial charge in [-0.1, -0.05) is 38.3 Å². The van der Waals surface area contributed by atoms with Crippen LogP contribution in [0.2, 0.25) is 0 Å². The number of esters is 2. The van der Waals surface area contributed by atoms with E-state index in [9.17, 15) is 19.7 Å². The number of carbonyl (C=O) groups is 2. The molecule has 0 atom stereocenters. The van der Waals surface area contributed by atoms with Gasteiger partial charge < -0.3 is 9.47 Å². The first-order valence-corrected chi connectivity index (χ1v) is 9.07. The topological polar surface area (TPSA) is 95.7 Å². The van der Waals surface area contributed by atoms with Crippen molar-refractivity contribution in [1.29, 1.82) is 0 Å². The van der Waals surface area contributed by atoms with Crippen LogP contribution in [-0.4, -0.2) is 30.1 Å². The van der Waals surface area contributed by atoms with Gasteiger partial charge in [0.1, 0.15) is 0 Å². The third-order valence-corrected chi connectivity index (χ3v) is 3.80. The molecule has 0 aromatic heterocycles. The van der Waals surface area contributed by atoms with E-state index in [2.05, 4.69) is 6.92 Å². The number of benzene rings is 1. The van der Waals surface area contributed by atoms with Crippen molar-refractivity contribution in [3.63, 3.8) is 0 Å². The molecule has 0 aliphatic rings. The number of carbonyl (C=O) groups excluding carboxylic acids is 2. The van der Waals surface area contributed by atoms with Gasteiger partial charge in [-0.3, -0.25) is 19.7 Å². The molecule has 1 aromatic rings. The van der Waals surface area contributed by atoms with Gasteiger partial charge in [0.2, 0.25) is 0 Å². The molecule has 1 aromatic carbocycles. The Balaban J connectivity index is 2.10. The fourth-order valence-electron chi connectivity index (χ4n) is 2.34. The molecule has 0 bridgehead atoms. The van der Waals surface area contributed by atoms with Crippen LogP contribution in [0.3, 0.4) is 0 Å². The van der Waals surface area contributed by atoms with Crippen LogP contribution in [0.25, 0.3) is 0 Å². The molecule has 0 amide bonds. The Kier molecular flexibility index (Phi) is 10.7. The third kappa shape index (κ3) is 9.76. The third-order valence-electron chi connectivity index (χ3n) is 3.80. The van der Waals surface area contributed by atoms with Gasteiger partial charge >= 0.3 is 11.9 Å². The highest BCUT2D eigenvalue weighted by Crippen LogP contribution is 2.13. The van der Waals surface area contributed by atoms with Gasteiger partial charge in [0, 0.05) is 31.4 Å². The van der Waals surface area contributed by atoms with Crippen LogP contribution >= 0.6 is 0 Å². The van der Waals surface area contributed by atoms with Crippen LogP contribution in [-0.2, 0) is 25.5 Å². The molecule has 0 saturated heterocycles. The predicted molar refractivity (Wildman–Crippen MR) is 96.7 cm³/mol. The molecule has 0 aliphatic carbocycles. The molecule has 0 heterocycles. The normalized spacial score (nSPS) is 10.3. The summed E-state index contributed by atoms with van der Waals surface area (Å²) in [7, 11) is 0. The highest BCUT2D eigenvalue weighted by atomic mass is 16.6. The van der Waals surface area contributed by atoms with Crippen LogP contribution in [0.15, 0.2) is 24.3 Å². The Bertz CT molecular complexity index is 587. The molecular weight excluding hydrogens is 338 g/mol. The number of ether oxygens (including phenoxy) is 2. The zero-order valence-corrected chi connectivity index (χ0v) is 15.3. The van der Waals surface area contributed by atoms with Crippen LogP contribution in [0.4, 0.5) is 5.69 Å². The van der Waals surface area contributed by atoms with Crippen molar-refractivity contribution in [2.45, 2.75) is 58.3 Å². The molecule has 1 rings (SSSR count). The van der Waals surface area contributed by atoms with Gasteiger partial charge in [-0.2, -0.15) is 0 Å². The quantitative estimate of drug-likeness (QED) is 0.227. The number of nitrogens with zero attached hydrogens (tertiary/aromatic N) is 1. The number of non-ortho nitro benzene ring substituents is 1. The van der Waals surface area contributed by atoms with Crippen molar-refractivity contribution in [2.75, 3.05) is 13.2 Å². The summed E-state index contributed by atoms with van der Waals surface area (Å²) < 4.78 is 10.2. The van der Waals surface area contributed by atoms with E-state index in [1.54, 1.807) is 12.1 Å². The number of hydrogen-bond donors (Lipinski definition) is 0. The van der Waals surface area contributed by atoms with Crippen molar-refractivity contribution in [1.82, 2.24) is 0 Å². The Morgan fingerprint density at radius 1 is 1.00 bits per heavy atom. The van der Waals surface area contributed by atoms with Gasteiger partial charge in [-0.15, -0.1) is 0 Å². The first-order valence-electron chi connectivity index (χ1n) is 9.07. The summed E-state index contributed by atoms with van der Waals surface area (Å²) in [4.78, 5) is 33.4. The van der Waals surface area contributed by atoms with E-state index < -0.39 is 4.92 Å². The van der Waals surface area contributed by atoms with E-state index >= 15 is 0 Å². The lowest BCUT2D eigenvalue weighted by atomic mass is 10.1. The maximum atomic E-state index is 11.6. The molecule has 0 saturated carbocycles. The van der Waals surface area contributed by atoms with E-state index in [1.807, 2.05) is 0 Å². The number of nitro benzene ring substituents is 1. The van der Waals surface area contributed by atoms with Crippen LogP contribution in [0, 0.1) is 10.1 Å². The summed E-state index contributed by atoms with van der Waals surface area (Å²) in [6, 6.07) is 6.23. The van der Waals surface area contributed by atoms with Gasteiger partial charge in [-0.25, -0.2) is 0 Å².